The molecule has 0 amide bonds. The Morgan fingerprint density at radius 1 is 1.67 bits per heavy atom. The standard InChI is InChI=1S/C7H15NO/c1-2-8-5-3-4-7(9)6-8/h7,9H,2-6H2,1H3. The first-order chi connectivity index (χ1) is 4.33. The van der Waals surface area contributed by atoms with Crippen LogP contribution in [0.25, 0.3) is 0 Å². The van der Waals surface area contributed by atoms with Crippen LogP contribution in [0.4, 0.5) is 0 Å². The minimum Gasteiger partial charge on any atom is -0.392 e. The van der Waals surface area contributed by atoms with Gasteiger partial charge in [-0.15, -0.1) is 0 Å². The summed E-state index contributed by atoms with van der Waals surface area (Å²) in [4.78, 5) is 2.29. The molecular formula is C7H15NO. The fourth-order valence-corrected chi connectivity index (χ4v) is 1.32. The SMILES string of the molecule is CCN1CCCC(O)C1. The minimum absolute atomic E-state index is 0.0568. The van der Waals surface area contributed by atoms with Crippen molar-refractivity contribution < 1.29 is 5.11 Å². The molecule has 1 saturated heterocycles. The van der Waals surface area contributed by atoms with Crippen LogP contribution in [0.2, 0.25) is 0 Å². The van der Waals surface area contributed by atoms with E-state index in [1.807, 2.05) is 0 Å². The molecule has 1 atom stereocenters. The smallest absolute Gasteiger partial charge is 0.0667 e. The molecule has 54 valence electrons. The summed E-state index contributed by atoms with van der Waals surface area (Å²) >= 11 is 0. The highest BCUT2D eigenvalue weighted by Gasteiger charge is 2.14. The maximum atomic E-state index is 9.17. The molecule has 1 aliphatic heterocycles. The van der Waals surface area contributed by atoms with E-state index in [1.54, 1.807) is 0 Å². The zero-order chi connectivity index (χ0) is 6.69. The zero-order valence-electron chi connectivity index (χ0n) is 6.01. The van der Waals surface area contributed by atoms with Crippen LogP contribution in [0.5, 0.6) is 0 Å². The highest BCUT2D eigenvalue weighted by atomic mass is 16.3. The molecule has 0 aliphatic carbocycles. The lowest BCUT2D eigenvalue weighted by Crippen LogP contribution is -2.37. The molecule has 0 bridgehead atoms. The van der Waals surface area contributed by atoms with E-state index in [2.05, 4.69) is 11.8 Å². The van der Waals surface area contributed by atoms with Gasteiger partial charge < -0.3 is 10.0 Å². The maximum absolute atomic E-state index is 9.17. The Kier molecular flexibility index (Phi) is 2.49. The van der Waals surface area contributed by atoms with Crippen LogP contribution in [0.3, 0.4) is 0 Å². The largest absolute Gasteiger partial charge is 0.392 e. The van der Waals surface area contributed by atoms with Crippen LogP contribution in [0.1, 0.15) is 19.8 Å². The van der Waals surface area contributed by atoms with E-state index in [-0.39, 0.29) is 6.10 Å². The van der Waals surface area contributed by atoms with E-state index in [4.69, 9.17) is 5.11 Å². The number of piperidine rings is 1. The topological polar surface area (TPSA) is 23.5 Å². The summed E-state index contributed by atoms with van der Waals surface area (Å²) in [5.74, 6) is 0. The predicted molar refractivity (Wildman–Crippen MR) is 37.4 cm³/mol. The Bertz CT molecular complexity index is 85.0. The molecule has 1 unspecified atom stereocenters. The summed E-state index contributed by atoms with van der Waals surface area (Å²) in [6.45, 7) is 5.28. The molecule has 1 fully saturated rings. The number of likely N-dealkylation sites (tertiary alicyclic amines) is 1. The van der Waals surface area contributed by atoms with Gasteiger partial charge in [-0.2, -0.15) is 0 Å². The van der Waals surface area contributed by atoms with Crippen LogP contribution in [0, 0.1) is 0 Å². The van der Waals surface area contributed by atoms with Gasteiger partial charge in [0.15, 0.2) is 0 Å². The zero-order valence-corrected chi connectivity index (χ0v) is 6.01. The van der Waals surface area contributed by atoms with Crippen molar-refractivity contribution in [1.29, 1.82) is 0 Å². The van der Waals surface area contributed by atoms with Crippen LogP contribution in [0.15, 0.2) is 0 Å². The van der Waals surface area contributed by atoms with Crippen molar-refractivity contribution in [1.82, 2.24) is 4.90 Å². The first-order valence-electron chi connectivity index (χ1n) is 3.73. The number of nitrogens with zero attached hydrogens (tertiary/aromatic N) is 1. The molecule has 1 aliphatic rings. The van der Waals surface area contributed by atoms with Gasteiger partial charge in [0.2, 0.25) is 0 Å². The molecule has 2 nitrogen and oxygen atoms in total. The number of hydrogen-bond donors (Lipinski definition) is 1. The Balaban J connectivity index is 2.23. The molecule has 0 saturated carbocycles. The van der Waals surface area contributed by atoms with E-state index in [1.165, 1.54) is 6.54 Å². The van der Waals surface area contributed by atoms with Gasteiger partial charge in [-0.3, -0.25) is 0 Å². The first kappa shape index (κ1) is 7.03. The fraction of sp³-hybridized carbons (Fsp3) is 1.00. The molecule has 2 heteroatoms. The fourth-order valence-electron chi connectivity index (χ4n) is 1.32. The normalized spacial score (nSPS) is 30.7. The molecule has 0 spiro atoms. The third-order valence-electron chi connectivity index (χ3n) is 1.93. The van der Waals surface area contributed by atoms with Crippen molar-refractivity contribution in [3.05, 3.63) is 0 Å². The number of aliphatic hydroxyl groups is 1. The van der Waals surface area contributed by atoms with E-state index >= 15 is 0 Å². The van der Waals surface area contributed by atoms with E-state index < -0.39 is 0 Å². The molecule has 0 aromatic carbocycles. The van der Waals surface area contributed by atoms with Crippen LogP contribution >= 0.6 is 0 Å². The van der Waals surface area contributed by atoms with Crippen molar-refractivity contribution in [2.75, 3.05) is 19.6 Å². The summed E-state index contributed by atoms with van der Waals surface area (Å²) in [6.07, 6.45) is 2.10. The summed E-state index contributed by atoms with van der Waals surface area (Å²) in [5, 5.41) is 9.17. The van der Waals surface area contributed by atoms with E-state index in [9.17, 15) is 0 Å². The number of β-amino-alcohol motifs (C(OH)–C–C–N with tert-alkyl or cyclic N) is 1. The average molecular weight is 129 g/mol. The van der Waals surface area contributed by atoms with Gasteiger partial charge >= 0.3 is 0 Å². The third kappa shape index (κ3) is 1.95. The molecule has 0 aromatic rings. The second kappa shape index (κ2) is 3.18. The molecule has 1 rings (SSSR count). The van der Waals surface area contributed by atoms with Crippen LogP contribution in [-0.2, 0) is 0 Å². The van der Waals surface area contributed by atoms with E-state index in [0.717, 1.165) is 25.9 Å². The minimum atomic E-state index is -0.0568. The average Bonchev–Trinajstić information content (AvgIpc) is 1.88. The molecular weight excluding hydrogens is 114 g/mol. The number of rotatable bonds is 1. The van der Waals surface area contributed by atoms with Crippen molar-refractivity contribution in [3.63, 3.8) is 0 Å². The Morgan fingerprint density at radius 2 is 2.44 bits per heavy atom. The van der Waals surface area contributed by atoms with Gasteiger partial charge in [0.25, 0.3) is 0 Å². The summed E-state index contributed by atoms with van der Waals surface area (Å²) in [7, 11) is 0. The second-order valence-corrected chi connectivity index (χ2v) is 2.69. The van der Waals surface area contributed by atoms with Gasteiger partial charge in [-0.25, -0.2) is 0 Å². The van der Waals surface area contributed by atoms with Gasteiger partial charge in [-0.1, -0.05) is 6.92 Å². The first-order valence-corrected chi connectivity index (χ1v) is 3.73. The van der Waals surface area contributed by atoms with Crippen molar-refractivity contribution in [3.8, 4) is 0 Å². The molecule has 0 aromatic heterocycles. The lowest BCUT2D eigenvalue weighted by Gasteiger charge is -2.28. The highest BCUT2D eigenvalue weighted by molar-refractivity contribution is 4.69. The number of aliphatic hydroxyl groups excluding tert-OH is 1. The van der Waals surface area contributed by atoms with Crippen molar-refractivity contribution in [2.24, 2.45) is 0 Å². The maximum Gasteiger partial charge on any atom is 0.0667 e. The van der Waals surface area contributed by atoms with Gasteiger partial charge in [0.1, 0.15) is 0 Å². The quantitative estimate of drug-likeness (QED) is 0.556. The van der Waals surface area contributed by atoms with Crippen LogP contribution < -0.4 is 0 Å². The van der Waals surface area contributed by atoms with Crippen molar-refractivity contribution in [2.45, 2.75) is 25.9 Å². The van der Waals surface area contributed by atoms with Gasteiger partial charge in [-0.05, 0) is 25.9 Å². The van der Waals surface area contributed by atoms with E-state index in [0.29, 0.717) is 0 Å². The Morgan fingerprint density at radius 3 is 2.89 bits per heavy atom. The van der Waals surface area contributed by atoms with Gasteiger partial charge in [0, 0.05) is 6.54 Å². The second-order valence-electron chi connectivity index (χ2n) is 2.69. The van der Waals surface area contributed by atoms with Gasteiger partial charge in [0.05, 0.1) is 6.10 Å². The third-order valence-corrected chi connectivity index (χ3v) is 1.93. The molecule has 1 N–H and O–H groups in total. The molecule has 9 heavy (non-hydrogen) atoms. The Labute approximate surface area is 56.5 Å². The highest BCUT2D eigenvalue weighted by Crippen LogP contribution is 2.08. The molecule has 0 radical (unpaired) electrons. The monoisotopic (exact) mass is 129 g/mol. The molecule has 1 heterocycles. The lowest BCUT2D eigenvalue weighted by molar-refractivity contribution is 0.0737. The van der Waals surface area contributed by atoms with Crippen molar-refractivity contribution >= 4 is 0 Å². The lowest BCUT2D eigenvalue weighted by atomic mass is 10.1. The summed E-state index contributed by atoms with van der Waals surface area (Å²) in [5.41, 5.74) is 0. The predicted octanol–water partition coefficient (Wildman–Crippen LogP) is 0.463. The number of hydrogen-bond acceptors (Lipinski definition) is 2. The number of likely N-dealkylation sites (N-methyl/N-ethyl adjacent to an activating group) is 1. The Hall–Kier alpha value is -0.0800. The summed E-state index contributed by atoms with van der Waals surface area (Å²) < 4.78 is 0. The van der Waals surface area contributed by atoms with Crippen LogP contribution in [-0.4, -0.2) is 35.7 Å². The summed E-state index contributed by atoms with van der Waals surface area (Å²) in [6, 6.07) is 0.